The lowest BCUT2D eigenvalue weighted by atomic mass is 9.99. The van der Waals surface area contributed by atoms with Crippen molar-refractivity contribution in [2.45, 2.75) is 401 Å². The molecule has 0 aliphatic carbocycles. The lowest BCUT2D eigenvalue weighted by molar-refractivity contribution is -0.870. The van der Waals surface area contributed by atoms with E-state index in [1.165, 1.54) is 135 Å². The minimum Gasteiger partial charge on any atom is -0.396 e. The molecule has 87 heavy (non-hydrogen) atoms. The largest absolute Gasteiger partial charge is 0.396 e. The molecule has 0 saturated carbocycles. The number of hydrogen-bond donors (Lipinski definition) is 1. The topological polar surface area (TPSA) is 75.6 Å². The number of ether oxygens (including phenoxy) is 6. The van der Waals surface area contributed by atoms with Crippen LogP contribution in [0.25, 0.3) is 0 Å². The molecule has 0 aromatic carbocycles. The standard InChI is InChI=1S/2C16H34O3.C7H18N.2C6H14.2C5H12.C4H10O.2C4H10.6CH4/c2*1-4-10-17-13-7-16(8-14-18-11-5-2)9-15-19-12-6-3;1-5-6-7-8(2,3)4;2*1-3-5-6-4-2;2*1-3-5-4-2;1-2-3-4-5;2*1-3-4-2;;;;;;/h2*16H,4-15H2,1-3H3;5-7H2,1-4H3;2*3-6H2,1-2H3;2*3-5H2,1-2H3;5H,2-4H2,1H3;2*3-4H2,1-2H3;6*1H4/q;;+1;;;;;;;;;;;;;. The molecule has 0 bridgehead atoms. The van der Waals surface area contributed by atoms with Gasteiger partial charge in [0.2, 0.25) is 0 Å². The fraction of sp³-hybridized carbons (Fsp3) is 1.00. The van der Waals surface area contributed by atoms with E-state index in [4.69, 9.17) is 33.5 Å². The highest BCUT2D eigenvalue weighted by Gasteiger charge is 2.10. The molecule has 0 aliphatic heterocycles. The molecule has 0 aromatic rings. The zero-order chi connectivity index (χ0) is 63.8. The molecule has 0 fully saturated rings. The van der Waals surface area contributed by atoms with Gasteiger partial charge in [0, 0.05) is 85.9 Å². The molecule has 0 amide bonds. The first-order valence-electron chi connectivity index (χ1n) is 36.0. The second-order valence-electron chi connectivity index (χ2n) is 22.7. The second-order valence-corrected chi connectivity index (χ2v) is 22.7. The third-order valence-electron chi connectivity index (χ3n) is 12.1. The van der Waals surface area contributed by atoms with Crippen molar-refractivity contribution in [1.29, 1.82) is 0 Å². The summed E-state index contributed by atoms with van der Waals surface area (Å²) >= 11 is 0. The van der Waals surface area contributed by atoms with Crippen LogP contribution in [0.2, 0.25) is 0 Å². The lowest BCUT2D eigenvalue weighted by Crippen LogP contribution is -2.35. The van der Waals surface area contributed by atoms with Crippen LogP contribution in [0.3, 0.4) is 0 Å². The van der Waals surface area contributed by atoms with E-state index in [0.717, 1.165) is 174 Å². The van der Waals surface area contributed by atoms with Crippen LogP contribution in [-0.2, 0) is 28.4 Å². The Labute approximate surface area is 562 Å². The third-order valence-corrected chi connectivity index (χ3v) is 12.1. The molecule has 0 unspecified atom stereocenters. The predicted molar refractivity (Wildman–Crippen MR) is 413 cm³/mol. The van der Waals surface area contributed by atoms with Gasteiger partial charge in [-0.1, -0.05) is 311 Å². The number of unbranched alkanes of at least 4 members (excludes halogenated alkanes) is 14. The van der Waals surface area contributed by atoms with Gasteiger partial charge in [-0.2, -0.15) is 0 Å². The first-order chi connectivity index (χ1) is 39.2. The van der Waals surface area contributed by atoms with Crippen LogP contribution in [0.1, 0.15) is 401 Å². The summed E-state index contributed by atoms with van der Waals surface area (Å²) in [6.45, 7) is 55.8. The lowest BCUT2D eigenvalue weighted by Gasteiger charge is -2.23. The van der Waals surface area contributed by atoms with Gasteiger partial charge in [0.1, 0.15) is 0 Å². The average molecular weight is 1270 g/mol. The van der Waals surface area contributed by atoms with Crippen molar-refractivity contribution in [3.8, 4) is 0 Å². The van der Waals surface area contributed by atoms with E-state index in [2.05, 4.69) is 160 Å². The van der Waals surface area contributed by atoms with Crippen LogP contribution in [0.15, 0.2) is 0 Å². The number of aliphatic hydroxyl groups excluding tert-OH is 1. The van der Waals surface area contributed by atoms with E-state index in [1.54, 1.807) is 0 Å². The summed E-state index contributed by atoms with van der Waals surface area (Å²) in [5.41, 5.74) is 0. The normalized spacial score (nSPS) is 9.45. The molecular weight excluding hydrogens is 1070 g/mol. The molecule has 0 saturated heterocycles. The van der Waals surface area contributed by atoms with Gasteiger partial charge in [-0.15, -0.1) is 0 Å². The Morgan fingerprint density at radius 3 is 0.471 bits per heavy atom. The van der Waals surface area contributed by atoms with Gasteiger partial charge in [0.05, 0.1) is 27.7 Å². The number of quaternary nitrogens is 1. The van der Waals surface area contributed by atoms with E-state index in [1.807, 2.05) is 0 Å². The van der Waals surface area contributed by atoms with E-state index in [0.29, 0.717) is 18.4 Å². The molecule has 1 N–H and O–H groups in total. The first kappa shape index (κ1) is 127. The van der Waals surface area contributed by atoms with Gasteiger partial charge in [-0.25, -0.2) is 0 Å². The van der Waals surface area contributed by atoms with Crippen LogP contribution >= 0.6 is 0 Å². The zero-order valence-electron chi connectivity index (χ0n) is 61.4. The summed E-state index contributed by atoms with van der Waals surface area (Å²) in [5.74, 6) is 1.34. The molecule has 0 aromatic heterocycles. The third kappa shape index (κ3) is 201. The summed E-state index contributed by atoms with van der Waals surface area (Å²) in [5, 5.41) is 8.07. The highest BCUT2D eigenvalue weighted by atomic mass is 16.5. The maximum atomic E-state index is 8.07. The highest BCUT2D eigenvalue weighted by molar-refractivity contribution is 4.61. The molecule has 0 radical (unpaired) electrons. The number of hydrogen-bond acceptors (Lipinski definition) is 7. The van der Waals surface area contributed by atoms with Gasteiger partial charge >= 0.3 is 0 Å². The molecule has 8 nitrogen and oxygen atoms in total. The fourth-order valence-electron chi connectivity index (χ4n) is 6.34. The van der Waals surface area contributed by atoms with E-state index >= 15 is 0 Å². The average Bonchev–Trinajstić information content (AvgIpc) is 3.47. The van der Waals surface area contributed by atoms with Crippen LogP contribution in [0, 0.1) is 11.8 Å². The van der Waals surface area contributed by atoms with Crippen LogP contribution in [-0.4, -0.2) is 123 Å². The van der Waals surface area contributed by atoms with E-state index in [-0.39, 0.29) is 44.6 Å². The summed E-state index contributed by atoms with van der Waals surface area (Å²) in [6.07, 6.45) is 42.6. The molecule has 0 aliphatic rings. The number of aliphatic hydroxyl groups is 1. The molecule has 0 spiro atoms. The van der Waals surface area contributed by atoms with Crippen molar-refractivity contribution >= 4 is 0 Å². The highest BCUT2D eigenvalue weighted by Crippen LogP contribution is 2.16. The smallest absolute Gasteiger partial charge is 0.0780 e. The molecule has 0 heterocycles. The fourth-order valence-corrected chi connectivity index (χ4v) is 6.34. The molecule has 0 rings (SSSR count). The zero-order valence-corrected chi connectivity index (χ0v) is 61.4. The molecule has 554 valence electrons. The van der Waals surface area contributed by atoms with Crippen molar-refractivity contribution in [1.82, 2.24) is 0 Å². The maximum absolute atomic E-state index is 8.07. The van der Waals surface area contributed by atoms with Gasteiger partial charge in [-0.3, -0.25) is 0 Å². The Bertz CT molecular complexity index is 694. The quantitative estimate of drug-likeness (QED) is 0.0481. The Kier molecular flexibility index (Phi) is 209. The first-order valence-corrected chi connectivity index (χ1v) is 36.0. The maximum Gasteiger partial charge on any atom is 0.0780 e. The summed E-state index contributed by atoms with van der Waals surface area (Å²) < 4.78 is 34.6. The van der Waals surface area contributed by atoms with Crippen molar-refractivity contribution in [3.05, 3.63) is 0 Å². The Morgan fingerprint density at radius 1 is 0.218 bits per heavy atom. The van der Waals surface area contributed by atoms with Crippen LogP contribution < -0.4 is 0 Å². The van der Waals surface area contributed by atoms with E-state index in [9.17, 15) is 0 Å². The van der Waals surface area contributed by atoms with Crippen molar-refractivity contribution in [2.24, 2.45) is 11.8 Å². The summed E-state index contributed by atoms with van der Waals surface area (Å²) in [4.78, 5) is 0. The van der Waals surface area contributed by atoms with Crippen molar-refractivity contribution < 1.29 is 38.0 Å². The second kappa shape index (κ2) is 142. The molecular formula is C79H192NO7+. The van der Waals surface area contributed by atoms with Crippen LogP contribution in [0.5, 0.6) is 0 Å². The predicted octanol–water partition coefficient (Wildman–Crippen LogP) is 27.4. The summed E-state index contributed by atoms with van der Waals surface area (Å²) in [7, 11) is 6.70. The van der Waals surface area contributed by atoms with Crippen molar-refractivity contribution in [2.75, 3.05) is 114 Å². The summed E-state index contributed by atoms with van der Waals surface area (Å²) in [6, 6.07) is 0. The van der Waals surface area contributed by atoms with Gasteiger partial charge < -0.3 is 38.0 Å². The Balaban J connectivity index is -0.0000000487. The van der Waals surface area contributed by atoms with E-state index < -0.39 is 0 Å². The van der Waals surface area contributed by atoms with Gasteiger partial charge in [0.15, 0.2) is 0 Å². The Morgan fingerprint density at radius 2 is 0.391 bits per heavy atom. The van der Waals surface area contributed by atoms with Crippen LogP contribution in [0.4, 0.5) is 0 Å². The number of nitrogens with zero attached hydrogens (tertiary/aromatic N) is 1. The Hall–Kier alpha value is -0.320. The van der Waals surface area contributed by atoms with Gasteiger partial charge in [-0.05, 0) is 102 Å². The minimum absolute atomic E-state index is 0. The minimum atomic E-state index is 0. The SMILES string of the molecule is C.C.C.C.C.C.CCCC.CCCC.CCCCC.CCCCC.CCCCCC.CCCCCC.CCCCO.CCCC[N+](C)(C)C.CCCOCCC(CCOCCC)CCOCCC.CCCOCCC(CCOCCC)CCOCCC. The van der Waals surface area contributed by atoms with Gasteiger partial charge in [0.25, 0.3) is 0 Å². The number of rotatable bonds is 47. The molecule has 0 atom stereocenters. The van der Waals surface area contributed by atoms with Crippen molar-refractivity contribution in [3.63, 3.8) is 0 Å². The monoisotopic (exact) mass is 1270 g/mol. The molecule has 8 heteroatoms.